The molecule has 8 nitrogen and oxygen atoms in total. The molecule has 26 heavy (non-hydrogen) atoms. The van der Waals surface area contributed by atoms with Crippen molar-refractivity contribution >= 4 is 17.7 Å². The fourth-order valence-corrected chi connectivity index (χ4v) is 2.62. The van der Waals surface area contributed by atoms with Gasteiger partial charge in [0.25, 0.3) is 5.56 Å². The lowest BCUT2D eigenvalue weighted by Crippen LogP contribution is -2.33. The zero-order valence-electron chi connectivity index (χ0n) is 13.8. The average molecular weight is 385 g/mol. The number of nitrogens with one attached hydrogen (secondary N) is 1. The molecule has 0 radical (unpaired) electrons. The first-order valence-corrected chi connectivity index (χ1v) is 8.50. The molecule has 0 aliphatic rings. The van der Waals surface area contributed by atoms with E-state index in [1.54, 1.807) is 12.1 Å². The number of hydrogen-bond donors (Lipinski definition) is 2. The lowest BCUT2D eigenvalue weighted by molar-refractivity contribution is -0.118. The molecule has 3 N–H and O–H groups in total. The van der Waals surface area contributed by atoms with Gasteiger partial charge in [-0.3, -0.25) is 9.59 Å². The van der Waals surface area contributed by atoms with Crippen LogP contribution in [0.15, 0.2) is 34.2 Å². The monoisotopic (exact) mass is 385 g/mol. The molecule has 0 saturated carbocycles. The van der Waals surface area contributed by atoms with Crippen molar-refractivity contribution in [2.75, 3.05) is 18.1 Å². The Morgan fingerprint density at radius 3 is 2.69 bits per heavy atom. The summed E-state index contributed by atoms with van der Waals surface area (Å²) in [5.41, 5.74) is 0.563. The van der Waals surface area contributed by atoms with Crippen molar-refractivity contribution in [3.8, 4) is 5.75 Å². The Morgan fingerprint density at radius 1 is 1.35 bits per heavy atom. The van der Waals surface area contributed by atoms with E-state index in [4.69, 9.17) is 5.84 Å². The van der Waals surface area contributed by atoms with Crippen molar-refractivity contribution in [3.63, 3.8) is 0 Å². The second kappa shape index (κ2) is 9.13. The maximum absolute atomic E-state index is 12.1. The Hall–Kier alpha value is -2.69. The second-order valence-corrected chi connectivity index (χ2v) is 6.10. The molecular weight excluding hydrogens is 368 g/mol. The van der Waals surface area contributed by atoms with Gasteiger partial charge in [-0.05, 0) is 31.0 Å². The molecule has 0 saturated heterocycles. The Labute approximate surface area is 151 Å². The van der Waals surface area contributed by atoms with E-state index < -0.39 is 12.2 Å². The quantitative estimate of drug-likeness (QED) is 0.508. The van der Waals surface area contributed by atoms with Gasteiger partial charge in [0.05, 0.1) is 5.75 Å². The highest BCUT2D eigenvalue weighted by molar-refractivity contribution is 7.99. The van der Waals surface area contributed by atoms with Crippen LogP contribution in [0.3, 0.4) is 0 Å². The van der Waals surface area contributed by atoms with Crippen molar-refractivity contribution in [1.82, 2.24) is 20.2 Å². The highest BCUT2D eigenvalue weighted by Gasteiger charge is 2.10. The minimum Gasteiger partial charge on any atom is -0.435 e. The van der Waals surface area contributed by atoms with Gasteiger partial charge in [-0.15, -0.1) is 10.2 Å². The van der Waals surface area contributed by atoms with Gasteiger partial charge in [-0.1, -0.05) is 23.9 Å². The van der Waals surface area contributed by atoms with Crippen molar-refractivity contribution in [2.45, 2.75) is 25.1 Å². The SMILES string of the molecule is Cc1nnc(SCC(=O)NCCc2ccc(OC(F)F)cc2)n(N)c1=O. The number of aryl methyl sites for hydroxylation is 1. The topological polar surface area (TPSA) is 112 Å². The number of carbonyl (C=O) groups is 1. The summed E-state index contributed by atoms with van der Waals surface area (Å²) in [5.74, 6) is 5.42. The van der Waals surface area contributed by atoms with Crippen LogP contribution >= 0.6 is 11.8 Å². The molecule has 1 amide bonds. The molecule has 0 fully saturated rings. The van der Waals surface area contributed by atoms with Crippen molar-refractivity contribution < 1.29 is 18.3 Å². The number of amides is 1. The zero-order chi connectivity index (χ0) is 19.1. The van der Waals surface area contributed by atoms with E-state index in [-0.39, 0.29) is 28.3 Å². The van der Waals surface area contributed by atoms with Crippen LogP contribution in [0.2, 0.25) is 0 Å². The Bertz CT molecular complexity index is 814. The second-order valence-electron chi connectivity index (χ2n) is 5.15. The molecule has 2 rings (SSSR count). The average Bonchev–Trinajstić information content (AvgIpc) is 2.60. The van der Waals surface area contributed by atoms with Crippen LogP contribution in [0.4, 0.5) is 8.78 Å². The molecule has 0 bridgehead atoms. The Balaban J connectivity index is 1.75. The molecule has 0 aliphatic heterocycles. The van der Waals surface area contributed by atoms with Crippen LogP contribution in [0.25, 0.3) is 0 Å². The highest BCUT2D eigenvalue weighted by atomic mass is 32.2. The molecule has 0 unspecified atom stereocenters. The molecule has 1 aromatic carbocycles. The fourth-order valence-electron chi connectivity index (χ4n) is 1.93. The molecule has 11 heteroatoms. The van der Waals surface area contributed by atoms with Gasteiger partial charge in [0.15, 0.2) is 0 Å². The number of carbonyl (C=O) groups excluding carboxylic acids is 1. The summed E-state index contributed by atoms with van der Waals surface area (Å²) >= 11 is 0.997. The Morgan fingerprint density at radius 2 is 2.04 bits per heavy atom. The molecule has 0 aliphatic carbocycles. The highest BCUT2D eigenvalue weighted by Crippen LogP contribution is 2.15. The zero-order valence-corrected chi connectivity index (χ0v) is 14.6. The maximum atomic E-state index is 12.1. The van der Waals surface area contributed by atoms with Crippen molar-refractivity contribution in [1.29, 1.82) is 0 Å². The van der Waals surface area contributed by atoms with Gasteiger partial charge in [-0.25, -0.2) is 0 Å². The van der Waals surface area contributed by atoms with Crippen LogP contribution in [0.1, 0.15) is 11.3 Å². The smallest absolute Gasteiger partial charge is 0.387 e. The Kier molecular flexibility index (Phi) is 6.89. The summed E-state index contributed by atoms with van der Waals surface area (Å²) < 4.78 is 29.2. The number of hydrogen-bond acceptors (Lipinski definition) is 7. The molecule has 0 spiro atoms. The minimum atomic E-state index is -2.86. The van der Waals surface area contributed by atoms with Crippen molar-refractivity contribution in [3.05, 3.63) is 45.9 Å². The minimum absolute atomic E-state index is 0.0234. The number of thioether (sulfide) groups is 1. The van der Waals surface area contributed by atoms with Crippen LogP contribution in [-0.2, 0) is 11.2 Å². The summed E-state index contributed by atoms with van der Waals surface area (Å²) in [6, 6.07) is 6.17. The third-order valence-electron chi connectivity index (χ3n) is 3.24. The first-order valence-electron chi connectivity index (χ1n) is 7.51. The first-order chi connectivity index (χ1) is 12.4. The van der Waals surface area contributed by atoms with Gasteiger partial charge >= 0.3 is 6.61 Å². The van der Waals surface area contributed by atoms with E-state index in [0.717, 1.165) is 22.0 Å². The molecule has 0 atom stereocenters. The number of aromatic nitrogens is 3. The summed E-state index contributed by atoms with van der Waals surface area (Å²) in [4.78, 5) is 23.5. The number of benzene rings is 1. The van der Waals surface area contributed by atoms with Crippen LogP contribution in [0.5, 0.6) is 5.75 Å². The van der Waals surface area contributed by atoms with Crippen LogP contribution < -0.4 is 21.5 Å². The lowest BCUT2D eigenvalue weighted by Gasteiger charge is -2.08. The predicted molar refractivity (Wildman–Crippen MR) is 91.7 cm³/mol. The summed E-state index contributed by atoms with van der Waals surface area (Å²) in [5, 5.41) is 10.3. The van der Waals surface area contributed by atoms with E-state index in [0.29, 0.717) is 13.0 Å². The number of alkyl halides is 2. The lowest BCUT2D eigenvalue weighted by atomic mass is 10.1. The van der Waals surface area contributed by atoms with Gasteiger partial charge in [-0.2, -0.15) is 13.5 Å². The summed E-state index contributed by atoms with van der Waals surface area (Å²) in [6.07, 6.45) is 0.525. The van der Waals surface area contributed by atoms with Gasteiger partial charge in [0.1, 0.15) is 11.4 Å². The molecule has 1 heterocycles. The third kappa shape index (κ3) is 5.69. The normalized spacial score (nSPS) is 10.8. The number of nitrogens with zero attached hydrogens (tertiary/aromatic N) is 3. The summed E-state index contributed by atoms with van der Waals surface area (Å²) in [7, 11) is 0. The maximum Gasteiger partial charge on any atom is 0.387 e. The van der Waals surface area contributed by atoms with Crippen LogP contribution in [-0.4, -0.2) is 39.7 Å². The molecule has 1 aromatic heterocycles. The van der Waals surface area contributed by atoms with Gasteiger partial charge in [0, 0.05) is 6.54 Å². The van der Waals surface area contributed by atoms with E-state index in [1.807, 2.05) is 0 Å². The predicted octanol–water partition coefficient (Wildman–Crippen LogP) is 0.713. The number of nitrogens with two attached hydrogens (primary N) is 1. The van der Waals surface area contributed by atoms with E-state index >= 15 is 0 Å². The fraction of sp³-hybridized carbons (Fsp3) is 0.333. The number of halogens is 2. The number of ether oxygens (including phenoxy) is 1. The van der Waals surface area contributed by atoms with Crippen molar-refractivity contribution in [2.24, 2.45) is 0 Å². The van der Waals surface area contributed by atoms with Crippen LogP contribution in [0, 0.1) is 6.92 Å². The first kappa shape index (κ1) is 19.6. The summed E-state index contributed by atoms with van der Waals surface area (Å²) in [6.45, 7) is -1.00. The van der Waals surface area contributed by atoms with Gasteiger partial charge in [0.2, 0.25) is 11.1 Å². The molecule has 2 aromatic rings. The molecular formula is C15H17F2N5O3S. The molecule has 140 valence electrons. The van der Waals surface area contributed by atoms with E-state index in [9.17, 15) is 18.4 Å². The van der Waals surface area contributed by atoms with E-state index in [2.05, 4.69) is 20.3 Å². The van der Waals surface area contributed by atoms with Gasteiger partial charge < -0.3 is 15.9 Å². The van der Waals surface area contributed by atoms with E-state index in [1.165, 1.54) is 19.1 Å². The third-order valence-corrected chi connectivity index (χ3v) is 4.18. The largest absolute Gasteiger partial charge is 0.435 e. The standard InChI is InChI=1S/C15H17F2N5O3S/c1-9-13(24)22(18)15(21-20-9)26-8-12(23)19-7-6-10-2-4-11(5-3-10)25-14(16)17/h2-5,14H,6-8,18H2,1H3,(H,19,23). The number of nitrogen functional groups attached to an aromatic ring is 1. The number of rotatable bonds is 8.